The highest BCUT2D eigenvalue weighted by atomic mass is 35.5. The van der Waals surface area contributed by atoms with Gasteiger partial charge in [0.05, 0.1) is 59.2 Å². The van der Waals surface area contributed by atoms with Crippen LogP contribution in [0.1, 0.15) is 6.92 Å². The van der Waals surface area contributed by atoms with Gasteiger partial charge in [-0.15, -0.1) is 0 Å². The third-order valence-corrected chi connectivity index (χ3v) is 6.51. The van der Waals surface area contributed by atoms with E-state index in [2.05, 4.69) is 51.2 Å². The van der Waals surface area contributed by atoms with Crippen molar-refractivity contribution in [3.63, 3.8) is 0 Å². The molecule has 0 radical (unpaired) electrons. The van der Waals surface area contributed by atoms with Crippen LogP contribution >= 0.6 is 0 Å². The van der Waals surface area contributed by atoms with Gasteiger partial charge in [-0.05, 0) is 31.2 Å². The van der Waals surface area contributed by atoms with Crippen molar-refractivity contribution in [3.8, 4) is 0 Å². The molecule has 2 aromatic rings. The number of fused-ring (bicyclic) bond motifs is 3. The largest absolute Gasteiger partial charge is 1.00 e. The number of halogens is 2. The first-order valence-electron chi connectivity index (χ1n) is 10.4. The zero-order chi connectivity index (χ0) is 19.6. The Morgan fingerprint density at radius 2 is 1.67 bits per heavy atom. The van der Waals surface area contributed by atoms with Crippen molar-refractivity contribution in [2.75, 3.05) is 63.8 Å². The molecule has 0 aliphatic carbocycles. The summed E-state index contributed by atoms with van der Waals surface area (Å²) in [6.45, 7) is 13.5. The highest BCUT2D eigenvalue weighted by Crippen LogP contribution is 2.23. The summed E-state index contributed by atoms with van der Waals surface area (Å²) in [5.74, 6) is 0.829. The Hall–Kier alpha value is -1.67. The first kappa shape index (κ1) is 24.6. The number of likely N-dealkylation sites (N-methyl/N-ethyl adjacent to an activating group) is 1. The second kappa shape index (κ2) is 10.6. The number of quaternary nitrogens is 1. The maximum atomic E-state index is 4.40. The van der Waals surface area contributed by atoms with E-state index in [0.717, 1.165) is 24.7 Å². The summed E-state index contributed by atoms with van der Waals surface area (Å²) in [6.07, 6.45) is 3.95. The van der Waals surface area contributed by atoms with Crippen LogP contribution in [0.3, 0.4) is 0 Å². The summed E-state index contributed by atoms with van der Waals surface area (Å²) in [4.78, 5) is 5.10. The molecule has 4 heterocycles. The van der Waals surface area contributed by atoms with E-state index in [1.165, 1.54) is 56.0 Å². The monoisotopic (exact) mass is 453 g/mol. The van der Waals surface area contributed by atoms with E-state index in [1.807, 2.05) is 35.6 Å². The molecule has 0 N–H and O–H groups in total. The number of piperazine rings is 3. The van der Waals surface area contributed by atoms with Gasteiger partial charge < -0.3 is 34.2 Å². The molecule has 30 heavy (non-hydrogen) atoms. The van der Waals surface area contributed by atoms with Gasteiger partial charge in [0, 0.05) is 37.0 Å². The molecule has 3 fully saturated rings. The molecule has 0 atom stereocenters. The van der Waals surface area contributed by atoms with Crippen LogP contribution in [-0.2, 0) is 14.1 Å². The van der Waals surface area contributed by atoms with Gasteiger partial charge in [0.1, 0.15) is 5.69 Å². The first-order valence-corrected chi connectivity index (χ1v) is 10.4. The van der Waals surface area contributed by atoms with Gasteiger partial charge in [0.15, 0.2) is 0 Å². The van der Waals surface area contributed by atoms with Crippen molar-refractivity contribution >= 4 is 17.3 Å². The van der Waals surface area contributed by atoms with Crippen LogP contribution in [0.15, 0.2) is 46.9 Å². The third kappa shape index (κ3) is 5.32. The van der Waals surface area contributed by atoms with Crippen LogP contribution in [-0.4, -0.2) is 72.9 Å². The zero-order valence-electron chi connectivity index (χ0n) is 18.2. The smallest absolute Gasteiger partial charge is 0.421 e. The molecule has 0 saturated carbocycles. The minimum Gasteiger partial charge on any atom is -1.00 e. The lowest BCUT2D eigenvalue weighted by Gasteiger charge is -2.51. The Balaban J connectivity index is 0.00000160. The Bertz CT molecular complexity index is 793. The fraction of sp³-hybridized carbons (Fsp3) is 0.571. The lowest BCUT2D eigenvalue weighted by Crippen LogP contribution is -3.00. The maximum absolute atomic E-state index is 4.40. The minimum atomic E-state index is 0. The van der Waals surface area contributed by atoms with Crippen molar-refractivity contribution in [3.05, 3.63) is 36.7 Å². The lowest BCUT2D eigenvalue weighted by atomic mass is 10.1. The zero-order valence-corrected chi connectivity index (χ0v) is 19.7. The molecule has 1 aromatic heterocycles. The highest BCUT2D eigenvalue weighted by molar-refractivity contribution is 5.52. The Kier molecular flexibility index (Phi) is 8.67. The summed E-state index contributed by atoms with van der Waals surface area (Å²) < 4.78 is 5.24. The minimum absolute atomic E-state index is 0. The fourth-order valence-electron chi connectivity index (χ4n) is 4.43. The molecule has 3 saturated heterocycles. The van der Waals surface area contributed by atoms with Crippen LogP contribution < -0.4 is 34.3 Å². The SMILES string of the molecule is CCN(CC[N+]12CCN(CC1)CC2)c1ccc(/N=N/c2n(C)cc[n+]2C)cc1.[Cl-].[Cl-]. The molecule has 3 aliphatic rings. The summed E-state index contributed by atoms with van der Waals surface area (Å²) in [5, 5.41) is 8.79. The Morgan fingerprint density at radius 1 is 1.03 bits per heavy atom. The number of nitrogens with zero attached hydrogens (tertiary/aromatic N) is 7. The van der Waals surface area contributed by atoms with E-state index in [9.17, 15) is 0 Å². The van der Waals surface area contributed by atoms with Crippen LogP contribution in [0.2, 0.25) is 0 Å². The van der Waals surface area contributed by atoms with Gasteiger partial charge in [-0.2, -0.15) is 0 Å². The molecule has 1 aromatic carbocycles. The normalized spacial score (nSPS) is 22.6. The van der Waals surface area contributed by atoms with Crippen molar-refractivity contribution in [2.45, 2.75) is 6.92 Å². The van der Waals surface area contributed by atoms with E-state index in [0.29, 0.717) is 0 Å². The average molecular weight is 454 g/mol. The third-order valence-electron chi connectivity index (χ3n) is 6.51. The average Bonchev–Trinajstić information content (AvgIpc) is 3.06. The predicted octanol–water partition coefficient (Wildman–Crippen LogP) is -3.75. The summed E-state index contributed by atoms with van der Waals surface area (Å²) in [7, 11) is 3.95. The lowest BCUT2D eigenvalue weighted by molar-refractivity contribution is -0.939. The van der Waals surface area contributed by atoms with Crippen molar-refractivity contribution in [2.24, 2.45) is 24.3 Å². The van der Waals surface area contributed by atoms with E-state index >= 15 is 0 Å². The van der Waals surface area contributed by atoms with Crippen LogP contribution in [0, 0.1) is 0 Å². The van der Waals surface area contributed by atoms with Crippen molar-refractivity contribution in [1.82, 2.24) is 9.47 Å². The number of imidazole rings is 1. The Morgan fingerprint density at radius 3 is 2.20 bits per heavy atom. The molecule has 5 rings (SSSR count). The van der Waals surface area contributed by atoms with Crippen molar-refractivity contribution < 1.29 is 33.9 Å². The van der Waals surface area contributed by atoms with Gasteiger partial charge in [-0.1, -0.05) is 5.11 Å². The number of rotatable bonds is 7. The molecule has 0 spiro atoms. The number of aromatic nitrogens is 2. The Labute approximate surface area is 192 Å². The number of benzene rings is 1. The van der Waals surface area contributed by atoms with E-state index < -0.39 is 0 Å². The molecule has 7 nitrogen and oxygen atoms in total. The van der Waals surface area contributed by atoms with Gasteiger partial charge >= 0.3 is 5.95 Å². The van der Waals surface area contributed by atoms with Gasteiger partial charge in [0.2, 0.25) is 0 Å². The second-order valence-electron chi connectivity index (χ2n) is 8.19. The van der Waals surface area contributed by atoms with Crippen LogP contribution in [0.5, 0.6) is 0 Å². The standard InChI is InChI=1S/C21H33N7.2ClH/c1-4-27(14-18-28-15-11-26(12-16-28)13-17-28)20-7-5-19(6-8-20)22-23-21-24(2)9-10-25(21)3;;/h5-10H,4,11-18H2,1-3H3;2*1H/q+2;;/p-2. The van der Waals surface area contributed by atoms with Crippen LogP contribution in [0.4, 0.5) is 17.3 Å². The molecular formula is C21H33Cl2N7. The molecule has 3 aliphatic heterocycles. The number of anilines is 1. The number of azo groups is 1. The molecular weight excluding hydrogens is 421 g/mol. The first-order chi connectivity index (χ1) is 13.6. The molecule has 0 unspecified atom stereocenters. The fourth-order valence-corrected chi connectivity index (χ4v) is 4.43. The molecule has 0 amide bonds. The van der Waals surface area contributed by atoms with Crippen LogP contribution in [0.25, 0.3) is 0 Å². The van der Waals surface area contributed by atoms with E-state index in [1.54, 1.807) is 0 Å². The van der Waals surface area contributed by atoms with Crippen molar-refractivity contribution in [1.29, 1.82) is 0 Å². The van der Waals surface area contributed by atoms with Gasteiger partial charge in [0.25, 0.3) is 0 Å². The van der Waals surface area contributed by atoms with Gasteiger partial charge in [-0.3, -0.25) is 4.90 Å². The predicted molar refractivity (Wildman–Crippen MR) is 111 cm³/mol. The summed E-state index contributed by atoms with van der Waals surface area (Å²) in [6, 6.07) is 8.49. The summed E-state index contributed by atoms with van der Waals surface area (Å²) >= 11 is 0. The maximum Gasteiger partial charge on any atom is 0.421 e. The number of aryl methyl sites for hydroxylation is 2. The molecule has 166 valence electrons. The highest BCUT2D eigenvalue weighted by Gasteiger charge is 2.38. The topological polar surface area (TPSA) is 40.0 Å². The second-order valence-corrected chi connectivity index (χ2v) is 8.19. The van der Waals surface area contributed by atoms with E-state index in [-0.39, 0.29) is 24.8 Å². The summed E-state index contributed by atoms with van der Waals surface area (Å²) in [5.41, 5.74) is 2.16. The van der Waals surface area contributed by atoms with Gasteiger partial charge in [-0.25, -0.2) is 9.13 Å². The molecule has 2 bridgehead atoms. The quantitative estimate of drug-likeness (QED) is 0.245. The molecule has 9 heteroatoms. The number of hydrogen-bond acceptors (Lipinski definition) is 4. The number of hydrogen-bond donors (Lipinski definition) is 0. The van der Waals surface area contributed by atoms with E-state index in [4.69, 9.17) is 0 Å².